The average molecular weight is 475 g/mol. The maximum Gasteiger partial charge on any atom is 0.291 e. The van der Waals surface area contributed by atoms with Crippen molar-refractivity contribution in [2.24, 2.45) is 0 Å². The van der Waals surface area contributed by atoms with Crippen molar-refractivity contribution in [2.45, 2.75) is 4.90 Å². The molecule has 26 heavy (non-hydrogen) atoms. The fourth-order valence-corrected chi connectivity index (χ4v) is 3.67. The van der Waals surface area contributed by atoms with Gasteiger partial charge in [-0.1, -0.05) is 39.1 Å². The molecule has 0 bridgehead atoms. The van der Waals surface area contributed by atoms with Gasteiger partial charge in [-0.15, -0.1) is 0 Å². The zero-order valence-corrected chi connectivity index (χ0v) is 16.8. The van der Waals surface area contributed by atoms with E-state index in [0.29, 0.717) is 11.4 Å². The number of halogens is 3. The van der Waals surface area contributed by atoms with Crippen molar-refractivity contribution >= 4 is 54.8 Å². The molecule has 134 valence electrons. The molecular formula is C16H10BrCl2N3O3S. The smallest absolute Gasteiger partial charge is 0.280 e. The SMILES string of the molecule is O=c1c(Cl)c(Cl)cnn1-c1ccc(S(=O)(=O)Nc2ccc(Br)cc2)cc1. The molecule has 1 N–H and O–H groups in total. The zero-order chi connectivity index (χ0) is 18.9. The van der Waals surface area contributed by atoms with Crippen molar-refractivity contribution < 1.29 is 8.42 Å². The molecule has 0 atom stereocenters. The number of aromatic nitrogens is 2. The highest BCUT2D eigenvalue weighted by Gasteiger charge is 2.15. The van der Waals surface area contributed by atoms with Crippen LogP contribution in [0, 0.1) is 0 Å². The molecule has 3 rings (SSSR count). The summed E-state index contributed by atoms with van der Waals surface area (Å²) in [4.78, 5) is 12.1. The minimum Gasteiger partial charge on any atom is -0.280 e. The van der Waals surface area contributed by atoms with Gasteiger partial charge in [0.25, 0.3) is 15.6 Å². The van der Waals surface area contributed by atoms with Crippen LogP contribution in [0.1, 0.15) is 0 Å². The van der Waals surface area contributed by atoms with Gasteiger partial charge in [0.2, 0.25) is 0 Å². The van der Waals surface area contributed by atoms with Gasteiger partial charge in [-0.3, -0.25) is 9.52 Å². The summed E-state index contributed by atoms with van der Waals surface area (Å²) < 4.78 is 29.3. The highest BCUT2D eigenvalue weighted by Crippen LogP contribution is 2.20. The van der Waals surface area contributed by atoms with Crippen molar-refractivity contribution in [2.75, 3.05) is 4.72 Å². The third-order valence-corrected chi connectivity index (χ3v) is 6.04. The van der Waals surface area contributed by atoms with Gasteiger partial charge < -0.3 is 0 Å². The number of nitrogens with one attached hydrogen (secondary N) is 1. The Kier molecular flexibility index (Phi) is 5.38. The maximum atomic E-state index is 12.5. The van der Waals surface area contributed by atoms with E-state index in [4.69, 9.17) is 23.2 Å². The van der Waals surface area contributed by atoms with Crippen molar-refractivity contribution in [3.05, 3.63) is 79.6 Å². The first-order chi connectivity index (χ1) is 12.3. The molecule has 1 aromatic heterocycles. The number of sulfonamides is 1. The first kappa shape index (κ1) is 18.9. The lowest BCUT2D eigenvalue weighted by Gasteiger charge is -2.10. The summed E-state index contributed by atoms with van der Waals surface area (Å²) in [6, 6.07) is 12.4. The van der Waals surface area contributed by atoms with E-state index in [1.54, 1.807) is 24.3 Å². The van der Waals surface area contributed by atoms with Crippen LogP contribution in [0.25, 0.3) is 5.69 Å². The monoisotopic (exact) mass is 473 g/mol. The topological polar surface area (TPSA) is 81.1 Å². The normalized spacial score (nSPS) is 11.3. The van der Waals surface area contributed by atoms with Gasteiger partial charge in [-0.05, 0) is 48.5 Å². The fraction of sp³-hybridized carbons (Fsp3) is 0. The number of hydrogen-bond acceptors (Lipinski definition) is 4. The number of benzene rings is 2. The molecule has 0 saturated heterocycles. The highest BCUT2D eigenvalue weighted by atomic mass is 79.9. The van der Waals surface area contributed by atoms with Crippen LogP contribution >= 0.6 is 39.1 Å². The van der Waals surface area contributed by atoms with E-state index in [1.165, 1.54) is 30.5 Å². The van der Waals surface area contributed by atoms with Crippen molar-refractivity contribution in [1.29, 1.82) is 0 Å². The highest BCUT2D eigenvalue weighted by molar-refractivity contribution is 9.10. The Morgan fingerprint density at radius 2 is 1.62 bits per heavy atom. The van der Waals surface area contributed by atoms with Gasteiger partial charge in [0.1, 0.15) is 5.02 Å². The number of rotatable bonds is 4. The first-order valence-electron chi connectivity index (χ1n) is 7.10. The van der Waals surface area contributed by atoms with Gasteiger partial charge in [-0.25, -0.2) is 8.42 Å². The van der Waals surface area contributed by atoms with E-state index < -0.39 is 15.6 Å². The molecule has 0 saturated carbocycles. The second-order valence-corrected chi connectivity index (χ2v) is 8.51. The van der Waals surface area contributed by atoms with Crippen molar-refractivity contribution in [1.82, 2.24) is 9.78 Å². The molecule has 0 radical (unpaired) electrons. The van der Waals surface area contributed by atoms with E-state index in [2.05, 4.69) is 25.8 Å². The molecule has 0 unspecified atom stereocenters. The maximum absolute atomic E-state index is 12.5. The quantitative estimate of drug-likeness (QED) is 0.617. The molecule has 0 spiro atoms. The molecule has 0 fully saturated rings. The molecule has 0 aliphatic carbocycles. The van der Waals surface area contributed by atoms with E-state index in [1.807, 2.05) is 0 Å². The third kappa shape index (κ3) is 3.93. The third-order valence-electron chi connectivity index (χ3n) is 3.36. The van der Waals surface area contributed by atoms with Gasteiger partial charge >= 0.3 is 0 Å². The van der Waals surface area contributed by atoms with Gasteiger partial charge in [0, 0.05) is 10.2 Å². The Hall–Kier alpha value is -1.87. The second kappa shape index (κ2) is 7.40. The predicted octanol–water partition coefficient (Wildman–Crippen LogP) is 4.10. The minimum absolute atomic E-state index is 0.0391. The van der Waals surface area contributed by atoms with Crippen LogP contribution in [0.5, 0.6) is 0 Å². The summed E-state index contributed by atoms with van der Waals surface area (Å²) in [5.74, 6) is 0. The molecule has 0 aliphatic heterocycles. The lowest BCUT2D eigenvalue weighted by molar-refractivity contribution is 0.601. The minimum atomic E-state index is -3.77. The van der Waals surface area contributed by atoms with Crippen LogP contribution < -0.4 is 10.3 Å². The largest absolute Gasteiger partial charge is 0.291 e. The predicted molar refractivity (Wildman–Crippen MR) is 105 cm³/mol. The Morgan fingerprint density at radius 3 is 2.23 bits per heavy atom. The van der Waals surface area contributed by atoms with Crippen molar-refractivity contribution in [3.8, 4) is 5.69 Å². The molecule has 2 aromatic carbocycles. The van der Waals surface area contributed by atoms with Crippen LogP contribution in [0.15, 0.2) is 68.9 Å². The molecule has 0 aliphatic rings. The van der Waals surface area contributed by atoms with Crippen LogP contribution in [0.3, 0.4) is 0 Å². The number of hydrogen-bond donors (Lipinski definition) is 1. The second-order valence-electron chi connectivity index (χ2n) is 5.13. The van der Waals surface area contributed by atoms with Crippen LogP contribution in [0.4, 0.5) is 5.69 Å². The first-order valence-corrected chi connectivity index (χ1v) is 10.1. The Bertz CT molecular complexity index is 1110. The molecule has 6 nitrogen and oxygen atoms in total. The molecule has 0 amide bonds. The van der Waals surface area contributed by atoms with E-state index >= 15 is 0 Å². The van der Waals surface area contributed by atoms with Gasteiger partial charge in [-0.2, -0.15) is 9.78 Å². The summed E-state index contributed by atoms with van der Waals surface area (Å²) in [6.45, 7) is 0. The zero-order valence-electron chi connectivity index (χ0n) is 12.9. The molecule has 1 heterocycles. The lowest BCUT2D eigenvalue weighted by Crippen LogP contribution is -2.21. The Labute approximate surface area is 167 Å². The van der Waals surface area contributed by atoms with E-state index in [0.717, 1.165) is 9.15 Å². The fourth-order valence-electron chi connectivity index (χ4n) is 2.10. The van der Waals surface area contributed by atoms with E-state index in [-0.39, 0.29) is 14.9 Å². The standard InChI is InChI=1S/C16H10BrCl2N3O3S/c17-10-1-3-11(4-2-10)21-26(24,25)13-7-5-12(6-8-13)22-16(23)15(19)14(18)9-20-22/h1-9,21H. The summed E-state index contributed by atoms with van der Waals surface area (Å²) in [5.41, 5.74) is 0.193. The molecule has 3 aromatic rings. The van der Waals surface area contributed by atoms with Crippen LogP contribution in [-0.2, 0) is 10.0 Å². The molecule has 10 heteroatoms. The van der Waals surface area contributed by atoms with Crippen LogP contribution in [-0.4, -0.2) is 18.2 Å². The summed E-state index contributed by atoms with van der Waals surface area (Å²) in [5, 5.41) is 3.78. The molecular weight excluding hydrogens is 465 g/mol. The lowest BCUT2D eigenvalue weighted by atomic mass is 10.3. The van der Waals surface area contributed by atoms with Crippen molar-refractivity contribution in [3.63, 3.8) is 0 Å². The Balaban J connectivity index is 1.91. The van der Waals surface area contributed by atoms with Crippen LogP contribution in [0.2, 0.25) is 10.0 Å². The van der Waals surface area contributed by atoms with E-state index in [9.17, 15) is 13.2 Å². The number of anilines is 1. The average Bonchev–Trinajstić information content (AvgIpc) is 2.62. The summed E-state index contributed by atoms with van der Waals surface area (Å²) in [7, 11) is -3.77. The summed E-state index contributed by atoms with van der Waals surface area (Å²) >= 11 is 14.9. The van der Waals surface area contributed by atoms with Gasteiger partial charge in [0.05, 0.1) is 21.8 Å². The number of nitrogens with zero attached hydrogens (tertiary/aromatic N) is 2. The van der Waals surface area contributed by atoms with Gasteiger partial charge in [0.15, 0.2) is 0 Å². The Morgan fingerprint density at radius 1 is 1.00 bits per heavy atom. The summed E-state index contributed by atoms with van der Waals surface area (Å²) in [6.07, 6.45) is 1.24.